The predicted octanol–water partition coefficient (Wildman–Crippen LogP) is 2.08. The standard InChI is InChI=1S/C22H22N4O4/c27-21(18-13-23-24-20(18)15-7-3-1-4-8-15)25-26-22(28)19-12-11-17(30-19)14-29-16-9-5-2-6-10-16/h1-12,18,20,23-24H,13-14H2,(H,25,27)(H,26,28). The molecule has 30 heavy (non-hydrogen) atoms. The van der Waals surface area contributed by atoms with E-state index < -0.39 is 5.91 Å². The molecule has 2 unspecified atom stereocenters. The normalized spacial score (nSPS) is 18.0. The number of amides is 2. The third kappa shape index (κ3) is 4.68. The van der Waals surface area contributed by atoms with E-state index in [0.29, 0.717) is 18.1 Å². The lowest BCUT2D eigenvalue weighted by molar-refractivity contribution is -0.125. The van der Waals surface area contributed by atoms with Crippen LogP contribution in [0.4, 0.5) is 0 Å². The molecule has 1 fully saturated rings. The highest BCUT2D eigenvalue weighted by atomic mass is 16.5. The lowest BCUT2D eigenvalue weighted by Gasteiger charge is -2.18. The fourth-order valence-electron chi connectivity index (χ4n) is 3.24. The molecular formula is C22H22N4O4. The molecule has 8 heteroatoms. The number of carbonyl (C=O) groups excluding carboxylic acids is 2. The Kier molecular flexibility index (Phi) is 6.07. The molecule has 4 rings (SSSR count). The molecule has 0 spiro atoms. The van der Waals surface area contributed by atoms with Crippen molar-refractivity contribution in [2.24, 2.45) is 5.92 Å². The van der Waals surface area contributed by atoms with Gasteiger partial charge in [0, 0.05) is 6.54 Å². The zero-order chi connectivity index (χ0) is 20.8. The average molecular weight is 406 g/mol. The Bertz CT molecular complexity index is 991. The second-order valence-corrected chi connectivity index (χ2v) is 6.83. The predicted molar refractivity (Wildman–Crippen MR) is 109 cm³/mol. The Balaban J connectivity index is 1.29. The van der Waals surface area contributed by atoms with E-state index in [-0.39, 0.29) is 30.2 Å². The molecule has 1 saturated heterocycles. The quantitative estimate of drug-likeness (QED) is 0.467. The number of furan rings is 1. The van der Waals surface area contributed by atoms with Gasteiger partial charge in [0.15, 0.2) is 5.76 Å². The molecule has 0 bridgehead atoms. The molecule has 2 aromatic carbocycles. The lowest BCUT2D eigenvalue weighted by Crippen LogP contribution is -2.46. The van der Waals surface area contributed by atoms with Gasteiger partial charge in [-0.3, -0.25) is 25.9 Å². The van der Waals surface area contributed by atoms with Gasteiger partial charge in [-0.25, -0.2) is 5.43 Å². The first-order valence-corrected chi connectivity index (χ1v) is 9.61. The number of hydrogen-bond acceptors (Lipinski definition) is 6. The Morgan fingerprint density at radius 3 is 2.47 bits per heavy atom. The Morgan fingerprint density at radius 2 is 1.70 bits per heavy atom. The smallest absolute Gasteiger partial charge is 0.305 e. The van der Waals surface area contributed by atoms with Crippen molar-refractivity contribution in [2.45, 2.75) is 12.6 Å². The maximum absolute atomic E-state index is 12.6. The molecule has 154 valence electrons. The van der Waals surface area contributed by atoms with Gasteiger partial charge in [-0.2, -0.15) is 0 Å². The second-order valence-electron chi connectivity index (χ2n) is 6.83. The monoisotopic (exact) mass is 406 g/mol. The lowest BCUT2D eigenvalue weighted by atomic mass is 9.94. The molecule has 2 heterocycles. The van der Waals surface area contributed by atoms with Gasteiger partial charge in [0.1, 0.15) is 18.1 Å². The summed E-state index contributed by atoms with van der Waals surface area (Å²) in [5, 5.41) is 0. The molecular weight excluding hydrogens is 384 g/mol. The fraction of sp³-hybridized carbons (Fsp3) is 0.182. The van der Waals surface area contributed by atoms with Crippen molar-refractivity contribution in [3.63, 3.8) is 0 Å². The van der Waals surface area contributed by atoms with Crippen molar-refractivity contribution in [3.8, 4) is 5.75 Å². The third-order valence-electron chi connectivity index (χ3n) is 4.79. The second kappa shape index (κ2) is 9.25. The van der Waals surface area contributed by atoms with Gasteiger partial charge in [-0.15, -0.1) is 0 Å². The summed E-state index contributed by atoms with van der Waals surface area (Å²) < 4.78 is 11.1. The van der Waals surface area contributed by atoms with Crippen molar-refractivity contribution >= 4 is 11.8 Å². The van der Waals surface area contributed by atoms with Crippen LogP contribution in [0.15, 0.2) is 77.2 Å². The first-order chi connectivity index (χ1) is 14.7. The summed E-state index contributed by atoms with van der Waals surface area (Å²) in [4.78, 5) is 24.9. The maximum atomic E-state index is 12.6. The van der Waals surface area contributed by atoms with Crippen LogP contribution in [0.25, 0.3) is 0 Å². The van der Waals surface area contributed by atoms with Crippen LogP contribution in [0.2, 0.25) is 0 Å². The summed E-state index contributed by atoms with van der Waals surface area (Å²) in [5.41, 5.74) is 12.0. The summed E-state index contributed by atoms with van der Waals surface area (Å²) >= 11 is 0. The number of hydrazine groups is 2. The van der Waals surface area contributed by atoms with Gasteiger partial charge >= 0.3 is 5.91 Å². The Hall–Kier alpha value is -3.62. The highest BCUT2D eigenvalue weighted by Crippen LogP contribution is 2.24. The number of para-hydroxylation sites is 1. The molecule has 1 aliphatic rings. The van der Waals surface area contributed by atoms with E-state index in [1.54, 1.807) is 6.07 Å². The van der Waals surface area contributed by atoms with E-state index in [0.717, 1.165) is 5.56 Å². The number of rotatable bonds is 6. The van der Waals surface area contributed by atoms with Gasteiger partial charge in [-0.1, -0.05) is 48.5 Å². The Morgan fingerprint density at radius 1 is 0.967 bits per heavy atom. The molecule has 2 atom stereocenters. The number of ether oxygens (including phenoxy) is 1. The van der Waals surface area contributed by atoms with Crippen LogP contribution in [0.1, 0.15) is 27.9 Å². The Labute approximate surface area is 173 Å². The van der Waals surface area contributed by atoms with Crippen LogP contribution in [0.5, 0.6) is 5.75 Å². The summed E-state index contributed by atoms with van der Waals surface area (Å²) in [6.07, 6.45) is 0. The van der Waals surface area contributed by atoms with Crippen molar-refractivity contribution in [1.29, 1.82) is 0 Å². The SMILES string of the molecule is O=C(NNC(=O)C1CNNC1c1ccccc1)c1ccc(COc2ccccc2)o1. The largest absolute Gasteiger partial charge is 0.486 e. The van der Waals surface area contributed by atoms with Gasteiger partial charge in [-0.05, 0) is 29.8 Å². The van der Waals surface area contributed by atoms with E-state index in [9.17, 15) is 9.59 Å². The molecule has 0 aliphatic carbocycles. The summed E-state index contributed by atoms with van der Waals surface area (Å²) in [7, 11) is 0. The van der Waals surface area contributed by atoms with Crippen LogP contribution >= 0.6 is 0 Å². The molecule has 3 aromatic rings. The summed E-state index contributed by atoms with van der Waals surface area (Å²) in [6, 6.07) is 22.0. The third-order valence-corrected chi connectivity index (χ3v) is 4.79. The van der Waals surface area contributed by atoms with Crippen LogP contribution < -0.4 is 26.4 Å². The molecule has 2 amide bonds. The maximum Gasteiger partial charge on any atom is 0.305 e. The number of carbonyl (C=O) groups is 2. The van der Waals surface area contributed by atoms with E-state index in [4.69, 9.17) is 9.15 Å². The average Bonchev–Trinajstić information content (AvgIpc) is 3.47. The van der Waals surface area contributed by atoms with Crippen molar-refractivity contribution in [1.82, 2.24) is 21.7 Å². The highest BCUT2D eigenvalue weighted by Gasteiger charge is 2.34. The van der Waals surface area contributed by atoms with Crippen LogP contribution in [0, 0.1) is 5.92 Å². The molecule has 8 nitrogen and oxygen atoms in total. The molecule has 1 aliphatic heterocycles. The van der Waals surface area contributed by atoms with Crippen molar-refractivity contribution in [3.05, 3.63) is 89.9 Å². The summed E-state index contributed by atoms with van der Waals surface area (Å²) in [5.74, 6) is 0.0874. The van der Waals surface area contributed by atoms with Crippen molar-refractivity contribution in [2.75, 3.05) is 6.54 Å². The van der Waals surface area contributed by atoms with E-state index in [1.807, 2.05) is 60.7 Å². The fourth-order valence-corrected chi connectivity index (χ4v) is 3.24. The first kappa shape index (κ1) is 19.7. The van der Waals surface area contributed by atoms with Crippen LogP contribution in [-0.2, 0) is 11.4 Å². The molecule has 0 saturated carbocycles. The van der Waals surface area contributed by atoms with Gasteiger partial charge in [0.25, 0.3) is 0 Å². The minimum absolute atomic E-state index is 0.0873. The summed E-state index contributed by atoms with van der Waals surface area (Å²) in [6.45, 7) is 0.644. The van der Waals surface area contributed by atoms with Crippen LogP contribution in [-0.4, -0.2) is 18.4 Å². The van der Waals surface area contributed by atoms with E-state index in [2.05, 4.69) is 21.7 Å². The molecule has 0 radical (unpaired) electrons. The van der Waals surface area contributed by atoms with E-state index >= 15 is 0 Å². The first-order valence-electron chi connectivity index (χ1n) is 9.61. The van der Waals surface area contributed by atoms with Gasteiger partial charge in [0.2, 0.25) is 5.91 Å². The zero-order valence-corrected chi connectivity index (χ0v) is 16.1. The highest BCUT2D eigenvalue weighted by molar-refractivity contribution is 5.93. The molecule has 1 aromatic heterocycles. The number of nitrogens with one attached hydrogen (secondary N) is 4. The van der Waals surface area contributed by atoms with Gasteiger partial charge in [0.05, 0.1) is 12.0 Å². The van der Waals surface area contributed by atoms with Crippen molar-refractivity contribution < 1.29 is 18.7 Å². The van der Waals surface area contributed by atoms with Gasteiger partial charge < -0.3 is 9.15 Å². The molecule has 4 N–H and O–H groups in total. The number of hydrogen-bond donors (Lipinski definition) is 4. The number of benzene rings is 2. The topological polar surface area (TPSA) is 105 Å². The van der Waals surface area contributed by atoms with Crippen LogP contribution in [0.3, 0.4) is 0 Å². The zero-order valence-electron chi connectivity index (χ0n) is 16.1. The van der Waals surface area contributed by atoms with E-state index in [1.165, 1.54) is 6.07 Å². The minimum atomic E-state index is -0.538. The minimum Gasteiger partial charge on any atom is -0.486 e.